The van der Waals surface area contributed by atoms with Crippen LogP contribution in [0.25, 0.3) is 10.2 Å². The van der Waals surface area contributed by atoms with E-state index in [4.69, 9.17) is 14.2 Å². The summed E-state index contributed by atoms with van der Waals surface area (Å²) in [5, 5.41) is 1.72. The summed E-state index contributed by atoms with van der Waals surface area (Å²) in [7, 11) is -2.98. The van der Waals surface area contributed by atoms with Crippen molar-refractivity contribution < 1.29 is 32.2 Å². The summed E-state index contributed by atoms with van der Waals surface area (Å²) in [4.78, 5) is 51.9. The first-order valence-electron chi connectivity index (χ1n) is 14.4. The zero-order valence-corrected chi connectivity index (χ0v) is 27.3. The molecule has 2 aromatic carbocycles. The largest absolute Gasteiger partial charge is 0.460 e. The molecule has 244 valence electrons. The zero-order valence-electron chi connectivity index (χ0n) is 25.7. The molecule has 2 aromatic heterocycles. The summed E-state index contributed by atoms with van der Waals surface area (Å²) in [6.45, 7) is 6.18. The fraction of sp³-hybridized carbons (Fsp3) is 0.312. The molecular weight excluding hydrogens is 634 g/mol. The van der Waals surface area contributed by atoms with E-state index < -0.39 is 46.0 Å². The standard InChI is InChI=1S/C32H35N3O9S2/c1-5-10-27(36)43-21-35-30(37)29-28(22(3)20-45-29)34(32(35)39)18-17-26(31(38)42-19-6-2)33(4)46(40,41)25-15-13-24(14-16-25)44-23-11-8-7-9-12-23/h6-9,11-16,20,26H,2,5,10,17-19,21H2,1,3-4H3. The number of carbonyl (C=O) groups is 2. The number of likely N-dealkylation sites (N-methyl/N-ethyl adjacent to an activating group) is 1. The Balaban J connectivity index is 1.65. The number of hydrogen-bond acceptors (Lipinski definition) is 10. The SMILES string of the molecule is C=CCOC(=O)C(CCn1c(=O)n(COC(=O)CCC)c(=O)c2scc(C)c21)N(C)S(=O)(=O)c1ccc(Oc2ccccc2)cc1. The average Bonchev–Trinajstić information content (AvgIpc) is 3.43. The number of benzene rings is 2. The summed E-state index contributed by atoms with van der Waals surface area (Å²) < 4.78 is 46.9. The molecule has 0 aliphatic heterocycles. The van der Waals surface area contributed by atoms with E-state index in [9.17, 15) is 27.6 Å². The molecule has 4 rings (SSSR count). The lowest BCUT2D eigenvalue weighted by Gasteiger charge is -2.26. The number of carbonyl (C=O) groups excluding carboxylic acids is 2. The monoisotopic (exact) mass is 669 g/mol. The molecule has 12 nitrogen and oxygen atoms in total. The van der Waals surface area contributed by atoms with Crippen LogP contribution in [0.2, 0.25) is 0 Å². The molecule has 46 heavy (non-hydrogen) atoms. The van der Waals surface area contributed by atoms with Crippen LogP contribution in [0.4, 0.5) is 0 Å². The van der Waals surface area contributed by atoms with Crippen LogP contribution < -0.4 is 16.0 Å². The molecule has 4 aromatic rings. The predicted molar refractivity (Wildman–Crippen MR) is 174 cm³/mol. The third-order valence-corrected chi connectivity index (χ3v) is 10.0. The minimum Gasteiger partial charge on any atom is -0.460 e. The fourth-order valence-corrected chi connectivity index (χ4v) is 7.02. The number of fused-ring (bicyclic) bond motifs is 1. The van der Waals surface area contributed by atoms with E-state index in [2.05, 4.69) is 6.58 Å². The van der Waals surface area contributed by atoms with Crippen molar-refractivity contribution in [3.8, 4) is 11.5 Å². The van der Waals surface area contributed by atoms with Crippen LogP contribution >= 0.6 is 11.3 Å². The van der Waals surface area contributed by atoms with Gasteiger partial charge in [0.2, 0.25) is 10.0 Å². The second-order valence-electron chi connectivity index (χ2n) is 10.3. The molecular formula is C32H35N3O9S2. The summed E-state index contributed by atoms with van der Waals surface area (Å²) >= 11 is 1.13. The van der Waals surface area contributed by atoms with E-state index >= 15 is 0 Å². The molecule has 1 atom stereocenters. The van der Waals surface area contributed by atoms with Gasteiger partial charge in [-0.15, -0.1) is 11.3 Å². The third kappa shape index (κ3) is 7.63. The summed E-state index contributed by atoms with van der Waals surface area (Å²) in [5.41, 5.74) is -0.372. The molecule has 0 radical (unpaired) electrons. The van der Waals surface area contributed by atoms with Crippen molar-refractivity contribution in [1.82, 2.24) is 13.4 Å². The number of aryl methyl sites for hydroxylation is 2. The quantitative estimate of drug-likeness (QED) is 0.133. The number of para-hydroxylation sites is 1. The van der Waals surface area contributed by atoms with Crippen molar-refractivity contribution in [1.29, 1.82) is 0 Å². The van der Waals surface area contributed by atoms with Crippen LogP contribution in [0.5, 0.6) is 11.5 Å². The number of esters is 2. The topological polar surface area (TPSA) is 143 Å². The molecule has 0 saturated carbocycles. The Bertz CT molecular complexity index is 1930. The maximum atomic E-state index is 13.7. The predicted octanol–water partition coefficient (Wildman–Crippen LogP) is 4.43. The van der Waals surface area contributed by atoms with Crippen molar-refractivity contribution >= 4 is 43.5 Å². The number of aromatic nitrogens is 2. The van der Waals surface area contributed by atoms with Gasteiger partial charge < -0.3 is 14.2 Å². The number of sulfonamides is 1. The smallest absolute Gasteiger partial charge is 0.334 e. The molecule has 2 heterocycles. The lowest BCUT2D eigenvalue weighted by Crippen LogP contribution is -2.45. The molecule has 0 saturated heterocycles. The van der Waals surface area contributed by atoms with Crippen LogP contribution in [-0.2, 0) is 42.4 Å². The van der Waals surface area contributed by atoms with E-state index in [0.29, 0.717) is 29.0 Å². The molecule has 0 aliphatic carbocycles. The Hall–Kier alpha value is -4.53. The van der Waals surface area contributed by atoms with E-state index in [1.165, 1.54) is 42.0 Å². The van der Waals surface area contributed by atoms with Crippen LogP contribution in [0.3, 0.4) is 0 Å². The molecule has 0 aliphatic rings. The van der Waals surface area contributed by atoms with Crippen LogP contribution in [0, 0.1) is 6.92 Å². The molecule has 1 unspecified atom stereocenters. The van der Waals surface area contributed by atoms with E-state index in [0.717, 1.165) is 20.2 Å². The number of hydrogen-bond donors (Lipinski definition) is 0. The van der Waals surface area contributed by atoms with Gasteiger partial charge in [0.05, 0.1) is 10.4 Å². The van der Waals surface area contributed by atoms with Crippen molar-refractivity contribution in [2.45, 2.75) is 57.3 Å². The van der Waals surface area contributed by atoms with Gasteiger partial charge in [-0.05, 0) is 67.1 Å². The molecule has 0 amide bonds. The maximum Gasteiger partial charge on any atom is 0.334 e. The van der Waals surface area contributed by atoms with Crippen LogP contribution in [0.15, 0.2) is 87.1 Å². The number of rotatable bonds is 15. The van der Waals surface area contributed by atoms with E-state index in [-0.39, 0.29) is 35.6 Å². The Kier molecular flexibility index (Phi) is 11.3. The first-order valence-corrected chi connectivity index (χ1v) is 16.8. The number of thiophene rings is 1. The molecule has 0 fully saturated rings. The van der Waals surface area contributed by atoms with Gasteiger partial charge >= 0.3 is 17.6 Å². The van der Waals surface area contributed by atoms with Crippen molar-refractivity contribution in [3.05, 3.63) is 99.0 Å². The Morgan fingerprint density at radius 2 is 1.70 bits per heavy atom. The van der Waals surface area contributed by atoms with Gasteiger partial charge in [0, 0.05) is 20.0 Å². The molecule has 14 heteroatoms. The zero-order chi connectivity index (χ0) is 33.4. The highest BCUT2D eigenvalue weighted by molar-refractivity contribution is 7.89. The highest BCUT2D eigenvalue weighted by Gasteiger charge is 2.34. The van der Waals surface area contributed by atoms with Crippen molar-refractivity contribution in [2.24, 2.45) is 0 Å². The first-order chi connectivity index (χ1) is 22.0. The van der Waals surface area contributed by atoms with Gasteiger partial charge in [-0.1, -0.05) is 37.8 Å². The second-order valence-corrected chi connectivity index (χ2v) is 13.2. The summed E-state index contributed by atoms with van der Waals surface area (Å²) in [6.07, 6.45) is 1.83. The Morgan fingerprint density at radius 3 is 2.35 bits per heavy atom. The molecule has 0 bridgehead atoms. The Morgan fingerprint density at radius 1 is 1.02 bits per heavy atom. The normalized spacial score (nSPS) is 12.2. The van der Waals surface area contributed by atoms with E-state index in [1.807, 2.05) is 18.2 Å². The Labute approximate surface area is 270 Å². The lowest BCUT2D eigenvalue weighted by molar-refractivity contribution is -0.148. The highest BCUT2D eigenvalue weighted by Crippen LogP contribution is 2.26. The first kappa shape index (κ1) is 34.3. The van der Waals surface area contributed by atoms with Gasteiger partial charge in [0.1, 0.15) is 28.8 Å². The fourth-order valence-electron chi connectivity index (χ4n) is 4.68. The van der Waals surface area contributed by atoms with Crippen molar-refractivity contribution in [3.63, 3.8) is 0 Å². The minimum atomic E-state index is -4.24. The number of ether oxygens (including phenoxy) is 3. The highest BCUT2D eigenvalue weighted by atomic mass is 32.2. The maximum absolute atomic E-state index is 13.7. The van der Waals surface area contributed by atoms with Gasteiger partial charge in [0.15, 0.2) is 6.73 Å². The van der Waals surface area contributed by atoms with Gasteiger partial charge in [-0.2, -0.15) is 4.31 Å². The van der Waals surface area contributed by atoms with Gasteiger partial charge in [-0.25, -0.2) is 17.8 Å². The van der Waals surface area contributed by atoms with E-state index in [1.54, 1.807) is 31.4 Å². The lowest BCUT2D eigenvalue weighted by atomic mass is 10.2. The summed E-state index contributed by atoms with van der Waals surface area (Å²) in [5.74, 6) is -0.404. The second kappa shape index (κ2) is 15.2. The number of nitrogens with zero attached hydrogens (tertiary/aromatic N) is 3. The summed E-state index contributed by atoms with van der Waals surface area (Å²) in [6, 6.07) is 13.4. The van der Waals surface area contributed by atoms with Gasteiger partial charge in [-0.3, -0.25) is 19.0 Å². The third-order valence-electron chi connectivity index (χ3n) is 7.08. The van der Waals surface area contributed by atoms with Crippen LogP contribution in [0.1, 0.15) is 31.7 Å². The van der Waals surface area contributed by atoms with Gasteiger partial charge in [0.25, 0.3) is 5.56 Å². The van der Waals surface area contributed by atoms with Crippen LogP contribution in [-0.4, -0.2) is 53.5 Å². The van der Waals surface area contributed by atoms with Crippen molar-refractivity contribution in [2.75, 3.05) is 13.7 Å². The molecule has 0 N–H and O–H groups in total. The minimum absolute atomic E-state index is 0.0902. The molecule has 0 spiro atoms. The average molecular weight is 670 g/mol.